The molecule has 0 heterocycles. The molecule has 27 heavy (non-hydrogen) atoms. The number of rotatable bonds is 7. The van der Waals surface area contributed by atoms with Crippen LogP contribution in [0.5, 0.6) is 0 Å². The number of ketones is 1. The Labute approximate surface area is 164 Å². The van der Waals surface area contributed by atoms with Crippen LogP contribution in [0.4, 0.5) is 0 Å². The molecule has 0 aliphatic heterocycles. The highest BCUT2D eigenvalue weighted by Crippen LogP contribution is 2.89. The van der Waals surface area contributed by atoms with Crippen LogP contribution in [0.3, 0.4) is 0 Å². The molecule has 3 aliphatic rings. The SMILES string of the molecule is COC1=CC(=O)C23C(CC1(CC=C(C)C)[C@]2(C)OC)C3(C)CCC=C(C)C. The largest absolute Gasteiger partial charge is 0.500 e. The Morgan fingerprint density at radius 3 is 2.30 bits per heavy atom. The molecule has 3 aliphatic carbocycles. The van der Waals surface area contributed by atoms with E-state index in [1.165, 1.54) is 11.1 Å². The zero-order valence-electron chi connectivity index (χ0n) is 18.4. The number of hydrogen-bond acceptors (Lipinski definition) is 3. The van der Waals surface area contributed by atoms with Gasteiger partial charge in [-0.05, 0) is 71.6 Å². The molecule has 0 aromatic carbocycles. The lowest BCUT2D eigenvalue weighted by molar-refractivity contribution is -0.165. The van der Waals surface area contributed by atoms with Crippen LogP contribution >= 0.6 is 0 Å². The van der Waals surface area contributed by atoms with Crippen LogP contribution in [-0.2, 0) is 14.3 Å². The number of carbonyl (C=O) groups is 1. The van der Waals surface area contributed by atoms with Crippen molar-refractivity contribution in [2.24, 2.45) is 22.2 Å². The van der Waals surface area contributed by atoms with Gasteiger partial charge in [0.05, 0.1) is 23.5 Å². The summed E-state index contributed by atoms with van der Waals surface area (Å²) in [6.45, 7) is 13.0. The molecule has 3 heteroatoms. The first kappa shape index (κ1) is 20.4. The third-order valence-corrected chi connectivity index (χ3v) is 8.15. The van der Waals surface area contributed by atoms with Crippen LogP contribution in [0, 0.1) is 22.2 Å². The van der Waals surface area contributed by atoms with Crippen molar-refractivity contribution in [3.8, 4) is 0 Å². The van der Waals surface area contributed by atoms with Gasteiger partial charge in [-0.3, -0.25) is 4.79 Å². The molecule has 0 radical (unpaired) electrons. The summed E-state index contributed by atoms with van der Waals surface area (Å²) in [4.78, 5) is 13.5. The summed E-state index contributed by atoms with van der Waals surface area (Å²) in [5, 5.41) is 0. The lowest BCUT2D eigenvalue weighted by atomic mass is 9.56. The van der Waals surface area contributed by atoms with Gasteiger partial charge in [0.2, 0.25) is 0 Å². The maximum Gasteiger partial charge on any atom is 0.168 e. The number of ether oxygens (including phenoxy) is 2. The molecule has 3 nitrogen and oxygen atoms in total. The summed E-state index contributed by atoms with van der Waals surface area (Å²) < 4.78 is 12.1. The number of allylic oxidation sites excluding steroid dienone is 5. The van der Waals surface area contributed by atoms with Gasteiger partial charge in [-0.1, -0.05) is 30.2 Å². The minimum absolute atomic E-state index is 0.00889. The summed E-state index contributed by atoms with van der Waals surface area (Å²) in [6.07, 6.45) is 10.2. The Hall–Kier alpha value is -1.35. The molecule has 0 aromatic heterocycles. The normalized spacial score (nSPS) is 41.6. The van der Waals surface area contributed by atoms with Crippen LogP contribution in [0.15, 0.2) is 35.1 Å². The van der Waals surface area contributed by atoms with E-state index in [9.17, 15) is 4.79 Å². The van der Waals surface area contributed by atoms with Gasteiger partial charge in [0.25, 0.3) is 0 Å². The van der Waals surface area contributed by atoms with Crippen molar-refractivity contribution < 1.29 is 14.3 Å². The van der Waals surface area contributed by atoms with Crippen molar-refractivity contribution in [3.63, 3.8) is 0 Å². The summed E-state index contributed by atoms with van der Waals surface area (Å²) in [5.41, 5.74) is 1.38. The van der Waals surface area contributed by atoms with Gasteiger partial charge in [0.15, 0.2) is 5.78 Å². The van der Waals surface area contributed by atoms with Gasteiger partial charge in [0, 0.05) is 13.2 Å². The summed E-state index contributed by atoms with van der Waals surface area (Å²) in [7, 11) is 3.47. The van der Waals surface area contributed by atoms with Crippen LogP contribution in [-0.4, -0.2) is 25.6 Å². The van der Waals surface area contributed by atoms with Gasteiger partial charge in [0.1, 0.15) is 5.76 Å². The molecule has 4 unspecified atom stereocenters. The average molecular weight is 373 g/mol. The highest BCUT2D eigenvalue weighted by molar-refractivity contribution is 6.03. The van der Waals surface area contributed by atoms with Gasteiger partial charge in [-0.15, -0.1) is 0 Å². The number of methoxy groups -OCH3 is 2. The molecular weight excluding hydrogens is 336 g/mol. The summed E-state index contributed by atoms with van der Waals surface area (Å²) >= 11 is 0. The Bertz CT molecular complexity index is 737. The van der Waals surface area contributed by atoms with Crippen molar-refractivity contribution in [1.82, 2.24) is 0 Å². The second kappa shape index (κ2) is 6.34. The van der Waals surface area contributed by atoms with Crippen molar-refractivity contribution in [3.05, 3.63) is 35.1 Å². The molecule has 5 atom stereocenters. The predicted octanol–water partition coefficient (Wildman–Crippen LogP) is 5.62. The molecule has 1 spiro atoms. The third-order valence-electron chi connectivity index (χ3n) is 8.15. The molecule has 2 saturated carbocycles. The predicted molar refractivity (Wildman–Crippen MR) is 109 cm³/mol. The van der Waals surface area contributed by atoms with Gasteiger partial charge in [-0.25, -0.2) is 0 Å². The molecular formula is C24H36O3. The highest BCUT2D eigenvalue weighted by atomic mass is 16.5. The van der Waals surface area contributed by atoms with Crippen LogP contribution in [0.1, 0.15) is 67.2 Å². The Morgan fingerprint density at radius 1 is 1.15 bits per heavy atom. The topological polar surface area (TPSA) is 35.5 Å². The molecule has 0 aromatic rings. The van der Waals surface area contributed by atoms with E-state index in [1.54, 1.807) is 20.3 Å². The van der Waals surface area contributed by atoms with E-state index in [1.807, 2.05) is 0 Å². The second-order valence-electron chi connectivity index (χ2n) is 9.68. The van der Waals surface area contributed by atoms with E-state index in [-0.39, 0.29) is 16.6 Å². The van der Waals surface area contributed by atoms with E-state index < -0.39 is 11.0 Å². The fraction of sp³-hybridized carbons (Fsp3) is 0.708. The molecule has 0 saturated heterocycles. The van der Waals surface area contributed by atoms with Crippen molar-refractivity contribution >= 4 is 5.78 Å². The number of carbonyl (C=O) groups excluding carboxylic acids is 1. The molecule has 2 fully saturated rings. The minimum Gasteiger partial charge on any atom is -0.500 e. The number of fused-ring (bicyclic) bond motifs is 1. The highest BCUT2D eigenvalue weighted by Gasteiger charge is 2.92. The fourth-order valence-electron chi connectivity index (χ4n) is 6.75. The molecule has 0 amide bonds. The van der Waals surface area contributed by atoms with Crippen LogP contribution in [0.2, 0.25) is 0 Å². The molecule has 2 bridgehead atoms. The Morgan fingerprint density at radius 2 is 1.78 bits per heavy atom. The first-order valence-electron chi connectivity index (χ1n) is 10.2. The standard InChI is InChI=1S/C24H36O3/c1-16(2)10-9-12-21(5)18-15-23(13-11-17(3)4)20(26-7)14-19(25)24(18,21)22(23,6)27-8/h10-11,14,18H,9,12-13,15H2,1-8H3/t18?,21?,22-,23?,24?/m0/s1. The molecule has 150 valence electrons. The van der Waals surface area contributed by atoms with Crippen molar-refractivity contribution in [2.75, 3.05) is 14.2 Å². The van der Waals surface area contributed by atoms with E-state index in [4.69, 9.17) is 9.47 Å². The van der Waals surface area contributed by atoms with E-state index in [0.717, 1.165) is 31.4 Å². The Balaban J connectivity index is 2.09. The van der Waals surface area contributed by atoms with Crippen molar-refractivity contribution in [1.29, 1.82) is 0 Å². The number of hydrogen-bond donors (Lipinski definition) is 0. The average Bonchev–Trinajstić information content (AvgIpc) is 3.05. The minimum atomic E-state index is -0.548. The van der Waals surface area contributed by atoms with Crippen LogP contribution in [0.25, 0.3) is 0 Å². The maximum atomic E-state index is 13.5. The fourth-order valence-corrected chi connectivity index (χ4v) is 6.75. The van der Waals surface area contributed by atoms with Gasteiger partial charge >= 0.3 is 0 Å². The van der Waals surface area contributed by atoms with E-state index in [0.29, 0.717) is 5.92 Å². The van der Waals surface area contributed by atoms with E-state index in [2.05, 4.69) is 53.7 Å². The third kappa shape index (κ3) is 2.27. The van der Waals surface area contributed by atoms with E-state index >= 15 is 0 Å². The van der Waals surface area contributed by atoms with Crippen molar-refractivity contribution in [2.45, 2.75) is 72.8 Å². The first-order valence-corrected chi connectivity index (χ1v) is 10.2. The zero-order valence-corrected chi connectivity index (χ0v) is 18.4. The Kier molecular flexibility index (Phi) is 4.78. The quantitative estimate of drug-likeness (QED) is 0.544. The maximum absolute atomic E-state index is 13.5. The lowest BCUT2D eigenvalue weighted by Crippen LogP contribution is -2.59. The molecule has 0 N–H and O–H groups in total. The smallest absolute Gasteiger partial charge is 0.168 e. The summed E-state index contributed by atoms with van der Waals surface area (Å²) in [5.74, 6) is 1.36. The lowest BCUT2D eigenvalue weighted by Gasteiger charge is -2.53. The monoisotopic (exact) mass is 372 g/mol. The zero-order chi connectivity index (χ0) is 20.3. The second-order valence-corrected chi connectivity index (χ2v) is 9.68. The molecule has 3 rings (SSSR count). The van der Waals surface area contributed by atoms with Crippen LogP contribution < -0.4 is 0 Å². The van der Waals surface area contributed by atoms with Gasteiger partial charge < -0.3 is 9.47 Å². The summed E-state index contributed by atoms with van der Waals surface area (Å²) in [6, 6.07) is 0. The first-order chi connectivity index (χ1) is 12.6. The van der Waals surface area contributed by atoms with Gasteiger partial charge in [-0.2, -0.15) is 0 Å².